The van der Waals surface area contributed by atoms with E-state index in [9.17, 15) is 4.79 Å². The summed E-state index contributed by atoms with van der Waals surface area (Å²) in [5.74, 6) is 0.275. The minimum atomic E-state index is -0.0449. The van der Waals surface area contributed by atoms with Crippen molar-refractivity contribution in [2.75, 3.05) is 0 Å². The minimum absolute atomic E-state index is 0.0449. The molecule has 0 aliphatic carbocycles. The fourth-order valence-electron chi connectivity index (χ4n) is 1.89. The molecule has 0 amide bonds. The maximum Gasteiger partial charge on any atom is 0.159 e. The predicted molar refractivity (Wildman–Crippen MR) is 75.0 cm³/mol. The number of carbonyl (C=O) groups excluding carboxylic acids is 1. The zero-order chi connectivity index (χ0) is 13.2. The lowest BCUT2D eigenvalue weighted by molar-refractivity contribution is -0.114. The van der Waals surface area contributed by atoms with Gasteiger partial charge in [-0.05, 0) is 24.5 Å². The summed E-state index contributed by atoms with van der Waals surface area (Å²) in [6.45, 7) is 9.51. The van der Waals surface area contributed by atoms with Gasteiger partial charge in [0.15, 0.2) is 5.78 Å². The molecule has 1 aromatic carbocycles. The van der Waals surface area contributed by atoms with Crippen LogP contribution in [0.4, 0.5) is 0 Å². The number of carbonyl (C=O) groups is 1. The minimum Gasteiger partial charge on any atom is -0.295 e. The van der Waals surface area contributed by atoms with Gasteiger partial charge >= 0.3 is 0 Å². The molecule has 4 radical (unpaired) electrons. The van der Waals surface area contributed by atoms with Crippen molar-refractivity contribution in [3.05, 3.63) is 35.4 Å². The topological polar surface area (TPSA) is 17.1 Å². The fourth-order valence-corrected chi connectivity index (χ4v) is 1.89. The summed E-state index contributed by atoms with van der Waals surface area (Å²) >= 11 is 0. The second kappa shape index (κ2) is 5.39. The van der Waals surface area contributed by atoms with Crippen LogP contribution in [0.5, 0.6) is 0 Å². The number of hydrogen-bond donors (Lipinski definition) is 0. The lowest BCUT2D eigenvalue weighted by Gasteiger charge is -2.19. The van der Waals surface area contributed by atoms with Crippen molar-refractivity contribution in [3.8, 4) is 0 Å². The van der Waals surface area contributed by atoms with E-state index in [0.29, 0.717) is 11.4 Å². The molecule has 0 saturated heterocycles. The Morgan fingerprint density at radius 3 is 2.53 bits per heavy atom. The molecule has 0 atom stereocenters. The van der Waals surface area contributed by atoms with E-state index in [-0.39, 0.29) is 12.2 Å². The normalized spacial score (nSPS) is 10.6. The van der Waals surface area contributed by atoms with Crippen molar-refractivity contribution >= 4 is 32.4 Å². The summed E-state index contributed by atoms with van der Waals surface area (Å²) in [6, 6.07) is 1.87. The first-order valence-electron chi connectivity index (χ1n) is 5.71. The van der Waals surface area contributed by atoms with E-state index < -0.39 is 0 Å². The van der Waals surface area contributed by atoms with Crippen LogP contribution in [0.15, 0.2) is 18.7 Å². The SMILES string of the molecule is [B]c1cc(C(C)C)c([B])c(C)c1CC(=O)C=C. The molecule has 0 aromatic heterocycles. The van der Waals surface area contributed by atoms with Crippen molar-refractivity contribution in [2.24, 2.45) is 0 Å². The van der Waals surface area contributed by atoms with Crippen LogP contribution in [0.3, 0.4) is 0 Å². The number of benzene rings is 1. The van der Waals surface area contributed by atoms with E-state index in [4.69, 9.17) is 15.7 Å². The number of hydrogen-bond acceptors (Lipinski definition) is 1. The Bertz CT molecular complexity index is 462. The van der Waals surface area contributed by atoms with Gasteiger partial charge in [-0.3, -0.25) is 4.79 Å². The molecule has 0 fully saturated rings. The lowest BCUT2D eigenvalue weighted by Crippen LogP contribution is -2.27. The van der Waals surface area contributed by atoms with Crippen LogP contribution in [0.25, 0.3) is 0 Å². The third-order valence-electron chi connectivity index (χ3n) is 3.03. The zero-order valence-electron chi connectivity index (χ0n) is 10.7. The molecule has 0 bridgehead atoms. The van der Waals surface area contributed by atoms with Crippen molar-refractivity contribution in [1.82, 2.24) is 0 Å². The molecule has 0 heterocycles. The largest absolute Gasteiger partial charge is 0.295 e. The van der Waals surface area contributed by atoms with Crippen molar-refractivity contribution in [2.45, 2.75) is 33.1 Å². The van der Waals surface area contributed by atoms with Gasteiger partial charge < -0.3 is 0 Å². The van der Waals surface area contributed by atoms with Crippen molar-refractivity contribution in [1.29, 1.82) is 0 Å². The molecule has 0 spiro atoms. The van der Waals surface area contributed by atoms with Gasteiger partial charge in [0.25, 0.3) is 0 Å². The Kier molecular flexibility index (Phi) is 4.39. The van der Waals surface area contributed by atoms with Gasteiger partial charge in [-0.25, -0.2) is 0 Å². The van der Waals surface area contributed by atoms with Crippen LogP contribution in [-0.2, 0) is 11.2 Å². The van der Waals surface area contributed by atoms with Gasteiger partial charge in [-0.2, -0.15) is 0 Å². The molecule has 0 aliphatic heterocycles. The molecule has 0 saturated carbocycles. The Balaban J connectivity index is 3.30. The van der Waals surface area contributed by atoms with Crippen LogP contribution < -0.4 is 10.9 Å². The van der Waals surface area contributed by atoms with Crippen LogP contribution in [0.1, 0.15) is 36.5 Å². The quantitative estimate of drug-likeness (QED) is 0.548. The standard InChI is InChI=1S/C14H16B2O/c1-5-10(17)6-12-9(4)14(16)11(8(2)3)7-13(12)15/h5,7-8H,1,6H2,2-4H3. The fraction of sp³-hybridized carbons (Fsp3) is 0.357. The molecule has 17 heavy (non-hydrogen) atoms. The second-order valence-electron chi connectivity index (χ2n) is 4.57. The summed E-state index contributed by atoms with van der Waals surface area (Å²) in [7, 11) is 12.1. The van der Waals surface area contributed by atoms with E-state index in [2.05, 4.69) is 20.4 Å². The molecule has 1 aromatic rings. The Morgan fingerprint density at radius 1 is 1.47 bits per heavy atom. The third-order valence-corrected chi connectivity index (χ3v) is 3.03. The smallest absolute Gasteiger partial charge is 0.159 e. The molecule has 1 rings (SSSR count). The van der Waals surface area contributed by atoms with Gasteiger partial charge in [-0.15, -0.1) is 0 Å². The molecule has 84 valence electrons. The molecular weight excluding hydrogens is 206 g/mol. The van der Waals surface area contributed by atoms with E-state index in [1.807, 2.05) is 13.0 Å². The van der Waals surface area contributed by atoms with Crippen LogP contribution in [0.2, 0.25) is 0 Å². The number of allylic oxidation sites excluding steroid dienone is 1. The average molecular weight is 222 g/mol. The molecular formula is C14H16B2O. The van der Waals surface area contributed by atoms with E-state index >= 15 is 0 Å². The Morgan fingerprint density at radius 2 is 2.06 bits per heavy atom. The number of ketones is 1. The first kappa shape index (κ1) is 13.8. The first-order valence-corrected chi connectivity index (χ1v) is 5.71. The summed E-state index contributed by atoms with van der Waals surface area (Å²) < 4.78 is 0. The van der Waals surface area contributed by atoms with Crippen LogP contribution in [0, 0.1) is 6.92 Å². The molecule has 1 nitrogen and oxygen atoms in total. The monoisotopic (exact) mass is 222 g/mol. The van der Waals surface area contributed by atoms with Gasteiger partial charge in [0.05, 0.1) is 0 Å². The van der Waals surface area contributed by atoms with Gasteiger partial charge in [0.1, 0.15) is 15.7 Å². The molecule has 3 heteroatoms. The molecule has 0 unspecified atom stereocenters. The average Bonchev–Trinajstić information content (AvgIpc) is 2.28. The summed E-state index contributed by atoms with van der Waals surface area (Å²) in [4.78, 5) is 11.4. The van der Waals surface area contributed by atoms with Crippen LogP contribution in [-0.4, -0.2) is 21.5 Å². The Labute approximate surface area is 106 Å². The lowest BCUT2D eigenvalue weighted by atomic mass is 9.74. The van der Waals surface area contributed by atoms with Crippen LogP contribution >= 0.6 is 0 Å². The van der Waals surface area contributed by atoms with Gasteiger partial charge in [0, 0.05) is 6.42 Å². The van der Waals surface area contributed by atoms with Crippen molar-refractivity contribution < 1.29 is 4.79 Å². The zero-order valence-corrected chi connectivity index (χ0v) is 10.7. The van der Waals surface area contributed by atoms with E-state index in [0.717, 1.165) is 22.2 Å². The summed E-state index contributed by atoms with van der Waals surface area (Å²) in [5, 5.41) is 0. The number of rotatable bonds is 4. The van der Waals surface area contributed by atoms with Crippen molar-refractivity contribution in [3.63, 3.8) is 0 Å². The maximum absolute atomic E-state index is 11.4. The highest BCUT2D eigenvalue weighted by atomic mass is 16.1. The molecule has 0 aliphatic rings. The van der Waals surface area contributed by atoms with E-state index in [1.54, 1.807) is 0 Å². The molecule has 0 N–H and O–H groups in total. The highest BCUT2D eigenvalue weighted by Crippen LogP contribution is 2.14. The summed E-state index contributed by atoms with van der Waals surface area (Å²) in [5.41, 5.74) is 4.13. The highest BCUT2D eigenvalue weighted by molar-refractivity contribution is 6.38. The van der Waals surface area contributed by atoms with Gasteiger partial charge in [0.2, 0.25) is 0 Å². The van der Waals surface area contributed by atoms with Gasteiger partial charge in [-0.1, -0.05) is 48.5 Å². The second-order valence-corrected chi connectivity index (χ2v) is 4.57. The highest BCUT2D eigenvalue weighted by Gasteiger charge is 2.12. The Hall–Kier alpha value is -1.24. The predicted octanol–water partition coefficient (Wildman–Crippen LogP) is 1.00. The maximum atomic E-state index is 11.4. The van der Waals surface area contributed by atoms with E-state index in [1.165, 1.54) is 6.08 Å². The summed E-state index contributed by atoms with van der Waals surface area (Å²) in [6.07, 6.45) is 1.58. The first-order chi connectivity index (χ1) is 7.88. The third kappa shape index (κ3) is 2.91.